The summed E-state index contributed by atoms with van der Waals surface area (Å²) in [6, 6.07) is 22.5. The summed E-state index contributed by atoms with van der Waals surface area (Å²) in [6.07, 6.45) is 0. The molecule has 0 amide bonds. The van der Waals surface area contributed by atoms with Crippen LogP contribution in [-0.2, 0) is 0 Å². The molecule has 0 aliphatic carbocycles. The molecule has 0 spiro atoms. The lowest BCUT2D eigenvalue weighted by molar-refractivity contribution is 0.415. The fraction of sp³-hybridized carbons (Fsp3) is 0.136. The zero-order valence-electron chi connectivity index (χ0n) is 16.0. The van der Waals surface area contributed by atoms with Crippen molar-refractivity contribution < 1.29 is 4.74 Å². The number of nitrogens with one attached hydrogen (secondary N) is 1. The van der Waals surface area contributed by atoms with E-state index in [9.17, 15) is 0 Å². The van der Waals surface area contributed by atoms with Gasteiger partial charge in [0.25, 0.3) is 0 Å². The summed E-state index contributed by atoms with van der Waals surface area (Å²) in [5.41, 5.74) is 2.17. The van der Waals surface area contributed by atoms with Crippen LogP contribution in [0.4, 0.5) is 10.8 Å². The molecule has 2 aromatic heterocycles. The van der Waals surface area contributed by atoms with Gasteiger partial charge in [0, 0.05) is 11.6 Å². The van der Waals surface area contributed by atoms with Crippen LogP contribution < -0.4 is 10.1 Å². The maximum Gasteiger partial charge on any atom is 0.236 e. The van der Waals surface area contributed by atoms with Gasteiger partial charge in [0.2, 0.25) is 10.1 Å². The molecule has 1 unspecified atom stereocenters. The summed E-state index contributed by atoms with van der Waals surface area (Å²) < 4.78 is 7.15. The highest BCUT2D eigenvalue weighted by atomic mass is 32.1. The Hall–Kier alpha value is -3.45. The van der Waals surface area contributed by atoms with Gasteiger partial charge in [0.15, 0.2) is 5.82 Å². The van der Waals surface area contributed by atoms with Gasteiger partial charge in [-0.1, -0.05) is 60.7 Å². The van der Waals surface area contributed by atoms with Crippen molar-refractivity contribution >= 4 is 37.9 Å². The van der Waals surface area contributed by atoms with E-state index in [2.05, 4.69) is 51.8 Å². The molecule has 0 radical (unpaired) electrons. The molecular weight excluding hydrogens is 382 g/mol. The third-order valence-corrected chi connectivity index (χ3v) is 5.81. The molecule has 0 aliphatic heterocycles. The molecular formula is C22H19N5OS. The first kappa shape index (κ1) is 17.6. The molecule has 3 aromatic carbocycles. The van der Waals surface area contributed by atoms with Crippen molar-refractivity contribution in [2.24, 2.45) is 0 Å². The van der Waals surface area contributed by atoms with Crippen LogP contribution in [0.1, 0.15) is 24.2 Å². The van der Waals surface area contributed by atoms with Crippen molar-refractivity contribution in [3.63, 3.8) is 0 Å². The lowest BCUT2D eigenvalue weighted by Crippen LogP contribution is -2.04. The quantitative estimate of drug-likeness (QED) is 0.436. The number of aromatic nitrogens is 4. The molecule has 2 heterocycles. The first-order valence-electron chi connectivity index (χ1n) is 9.33. The molecule has 5 aromatic rings. The molecule has 0 aliphatic rings. The van der Waals surface area contributed by atoms with Crippen LogP contribution in [-0.4, -0.2) is 26.9 Å². The van der Waals surface area contributed by atoms with Gasteiger partial charge in [-0.2, -0.15) is 4.52 Å². The number of benzene rings is 3. The van der Waals surface area contributed by atoms with Gasteiger partial charge in [-0.05, 0) is 40.6 Å². The summed E-state index contributed by atoms with van der Waals surface area (Å²) in [5, 5.41) is 19.8. The SMILES string of the molecule is COc1ccc2cc(C(C)c3nnc4sc(Nc5ccccc5)nn34)ccc2c1. The molecule has 144 valence electrons. The third-order valence-electron chi connectivity index (χ3n) is 5.00. The highest BCUT2D eigenvalue weighted by molar-refractivity contribution is 7.20. The Morgan fingerprint density at radius 1 is 0.966 bits per heavy atom. The van der Waals surface area contributed by atoms with Gasteiger partial charge in [-0.25, -0.2) is 0 Å². The van der Waals surface area contributed by atoms with Crippen molar-refractivity contribution in [2.75, 3.05) is 12.4 Å². The largest absolute Gasteiger partial charge is 0.497 e. The topological polar surface area (TPSA) is 64.3 Å². The summed E-state index contributed by atoms with van der Waals surface area (Å²) in [7, 11) is 1.68. The molecule has 0 saturated carbocycles. The number of ether oxygens (including phenoxy) is 1. The first-order chi connectivity index (χ1) is 14.2. The Balaban J connectivity index is 1.47. The average molecular weight is 401 g/mol. The third kappa shape index (κ3) is 3.30. The highest BCUT2D eigenvalue weighted by Gasteiger charge is 2.19. The Bertz CT molecular complexity index is 1290. The minimum Gasteiger partial charge on any atom is -0.497 e. The van der Waals surface area contributed by atoms with Crippen LogP contribution in [0.3, 0.4) is 0 Å². The maximum atomic E-state index is 5.32. The molecule has 5 rings (SSSR count). The normalized spacial score (nSPS) is 12.3. The van der Waals surface area contributed by atoms with Gasteiger partial charge < -0.3 is 10.1 Å². The van der Waals surface area contributed by atoms with E-state index in [1.54, 1.807) is 7.11 Å². The van der Waals surface area contributed by atoms with Crippen molar-refractivity contribution in [1.82, 2.24) is 19.8 Å². The second-order valence-electron chi connectivity index (χ2n) is 6.85. The molecule has 0 fully saturated rings. The number of para-hydroxylation sites is 1. The molecule has 0 saturated heterocycles. The summed E-state index contributed by atoms with van der Waals surface area (Å²) in [4.78, 5) is 0.774. The van der Waals surface area contributed by atoms with E-state index in [0.29, 0.717) is 0 Å². The summed E-state index contributed by atoms with van der Waals surface area (Å²) in [5.74, 6) is 1.74. The standard InChI is InChI=1S/C22H19N5OS/c1-14(15-8-9-17-13-19(28-2)11-10-16(17)12-15)20-24-25-22-27(20)26-21(29-22)23-18-6-4-3-5-7-18/h3-14H,1-2H3,(H,23,26). The Labute approximate surface area is 171 Å². The average Bonchev–Trinajstić information content (AvgIpc) is 3.33. The minimum absolute atomic E-state index is 0.0585. The second-order valence-corrected chi connectivity index (χ2v) is 7.80. The van der Waals surface area contributed by atoms with Gasteiger partial charge in [-0.3, -0.25) is 0 Å². The number of fused-ring (bicyclic) bond motifs is 2. The van der Waals surface area contributed by atoms with Crippen LogP contribution in [0.25, 0.3) is 15.7 Å². The molecule has 1 atom stereocenters. The van der Waals surface area contributed by atoms with E-state index in [4.69, 9.17) is 4.74 Å². The van der Waals surface area contributed by atoms with E-state index in [-0.39, 0.29) is 5.92 Å². The van der Waals surface area contributed by atoms with Gasteiger partial charge in [0.1, 0.15) is 5.75 Å². The van der Waals surface area contributed by atoms with Crippen molar-refractivity contribution in [1.29, 1.82) is 0 Å². The second kappa shape index (κ2) is 7.18. The Morgan fingerprint density at radius 2 is 1.76 bits per heavy atom. The smallest absolute Gasteiger partial charge is 0.236 e. The number of rotatable bonds is 5. The van der Waals surface area contributed by atoms with Crippen molar-refractivity contribution in [3.8, 4) is 5.75 Å². The summed E-state index contributed by atoms with van der Waals surface area (Å²) in [6.45, 7) is 2.13. The molecule has 1 N–H and O–H groups in total. The number of hydrogen-bond donors (Lipinski definition) is 1. The van der Waals surface area contributed by atoms with E-state index in [0.717, 1.165) is 32.7 Å². The molecule has 29 heavy (non-hydrogen) atoms. The number of hydrogen-bond acceptors (Lipinski definition) is 6. The van der Waals surface area contributed by atoms with Gasteiger partial charge in [0.05, 0.1) is 7.11 Å². The summed E-state index contributed by atoms with van der Waals surface area (Å²) >= 11 is 1.49. The van der Waals surface area contributed by atoms with Crippen LogP contribution >= 0.6 is 11.3 Å². The predicted octanol–water partition coefficient (Wildman–Crippen LogP) is 5.24. The molecule has 7 heteroatoms. The first-order valence-corrected chi connectivity index (χ1v) is 10.1. The van der Waals surface area contributed by atoms with Crippen LogP contribution in [0.15, 0.2) is 66.7 Å². The van der Waals surface area contributed by atoms with E-state index in [1.807, 2.05) is 47.0 Å². The van der Waals surface area contributed by atoms with E-state index >= 15 is 0 Å². The fourth-order valence-electron chi connectivity index (χ4n) is 3.39. The van der Waals surface area contributed by atoms with Crippen molar-refractivity contribution in [3.05, 3.63) is 78.1 Å². The zero-order chi connectivity index (χ0) is 19.8. The fourth-order valence-corrected chi connectivity index (χ4v) is 4.15. The number of methoxy groups -OCH3 is 1. The van der Waals surface area contributed by atoms with Crippen molar-refractivity contribution in [2.45, 2.75) is 12.8 Å². The highest BCUT2D eigenvalue weighted by Crippen LogP contribution is 2.30. The molecule has 0 bridgehead atoms. The number of anilines is 2. The Kier molecular flexibility index (Phi) is 4.37. The monoisotopic (exact) mass is 401 g/mol. The zero-order valence-corrected chi connectivity index (χ0v) is 16.9. The lowest BCUT2D eigenvalue weighted by atomic mass is 9.97. The van der Waals surface area contributed by atoms with Crippen LogP contribution in [0.2, 0.25) is 0 Å². The van der Waals surface area contributed by atoms with Crippen LogP contribution in [0, 0.1) is 0 Å². The van der Waals surface area contributed by atoms with Crippen LogP contribution in [0.5, 0.6) is 5.75 Å². The Morgan fingerprint density at radius 3 is 2.59 bits per heavy atom. The maximum absolute atomic E-state index is 5.32. The number of nitrogens with zero attached hydrogens (tertiary/aromatic N) is 4. The van der Waals surface area contributed by atoms with E-state index in [1.165, 1.54) is 22.3 Å². The minimum atomic E-state index is 0.0585. The lowest BCUT2D eigenvalue weighted by Gasteiger charge is -2.11. The van der Waals surface area contributed by atoms with E-state index < -0.39 is 0 Å². The van der Waals surface area contributed by atoms with Gasteiger partial charge >= 0.3 is 0 Å². The molecule has 6 nitrogen and oxygen atoms in total. The van der Waals surface area contributed by atoms with Gasteiger partial charge in [-0.15, -0.1) is 15.3 Å². The predicted molar refractivity (Wildman–Crippen MR) is 116 cm³/mol.